The first kappa shape index (κ1) is 11.8. The molecule has 0 atom stereocenters. The largest absolute Gasteiger partial charge is 0.318 e. The maximum Gasteiger partial charge on any atom is 0.132 e. The van der Waals surface area contributed by atoms with Crippen molar-refractivity contribution in [1.29, 1.82) is 0 Å². The van der Waals surface area contributed by atoms with Gasteiger partial charge in [-0.1, -0.05) is 0 Å². The molecule has 6 heteroatoms. The second kappa shape index (κ2) is 4.66. The fourth-order valence-corrected chi connectivity index (χ4v) is 3.01. The average Bonchev–Trinajstić information content (AvgIpc) is 2.65. The van der Waals surface area contributed by atoms with E-state index in [0.717, 1.165) is 20.9 Å². The smallest absolute Gasteiger partial charge is 0.132 e. The summed E-state index contributed by atoms with van der Waals surface area (Å²) in [5.74, 6) is 0. The molecule has 0 unspecified atom stereocenters. The highest BCUT2D eigenvalue weighted by Gasteiger charge is 2.08. The molecule has 2 heterocycles. The molecule has 0 saturated heterocycles. The van der Waals surface area contributed by atoms with E-state index in [1.807, 2.05) is 6.33 Å². The van der Waals surface area contributed by atoms with Crippen molar-refractivity contribution in [2.45, 2.75) is 20.4 Å². The van der Waals surface area contributed by atoms with Crippen molar-refractivity contribution in [2.75, 3.05) is 0 Å². The Morgan fingerprint density at radius 1 is 1.40 bits per heavy atom. The Balaban J connectivity index is 2.25. The van der Waals surface area contributed by atoms with E-state index in [4.69, 9.17) is 0 Å². The molecule has 0 N–H and O–H groups in total. The van der Waals surface area contributed by atoms with E-state index < -0.39 is 0 Å². The minimum atomic E-state index is 0.827. The number of nitrogens with zero attached hydrogens (tertiary/aromatic N) is 3. The zero-order valence-corrected chi connectivity index (χ0v) is 13.4. The van der Waals surface area contributed by atoms with Crippen molar-refractivity contribution in [3.63, 3.8) is 0 Å². The molecule has 2 rings (SSSR count). The van der Waals surface area contributed by atoms with Crippen LogP contribution in [0.25, 0.3) is 0 Å². The highest BCUT2D eigenvalue weighted by atomic mass is 127. The predicted octanol–water partition coefficient (Wildman–Crippen LogP) is 3.21. The number of aromatic nitrogens is 3. The van der Waals surface area contributed by atoms with Crippen LogP contribution in [0, 0.1) is 21.2 Å². The Morgan fingerprint density at radius 3 is 2.60 bits per heavy atom. The third-order valence-corrected chi connectivity index (χ3v) is 6.12. The van der Waals surface area contributed by atoms with E-state index >= 15 is 0 Å². The Labute approximate surface area is 120 Å². The third kappa shape index (κ3) is 2.52. The fourth-order valence-electron chi connectivity index (χ4n) is 1.21. The van der Waals surface area contributed by atoms with Crippen LogP contribution in [0.4, 0.5) is 0 Å². The Kier molecular flexibility index (Phi) is 3.66. The van der Waals surface area contributed by atoms with E-state index in [1.54, 1.807) is 11.3 Å². The average molecular weight is 445 g/mol. The standard InChI is InChI=1S/C9H9I2N3S/c1-5-6(2)15-7(13-5)3-14-4-12-8(10)9(14)11/h4H,3H2,1-2H3. The van der Waals surface area contributed by atoms with Gasteiger partial charge in [0.05, 0.1) is 18.6 Å². The number of thiazole rings is 1. The number of imidazole rings is 1. The summed E-state index contributed by atoms with van der Waals surface area (Å²) in [6, 6.07) is 0. The van der Waals surface area contributed by atoms with Crippen molar-refractivity contribution in [3.8, 4) is 0 Å². The van der Waals surface area contributed by atoms with Gasteiger partial charge in [0.2, 0.25) is 0 Å². The summed E-state index contributed by atoms with van der Waals surface area (Å²) in [5, 5.41) is 1.15. The Bertz CT molecular complexity index is 470. The van der Waals surface area contributed by atoms with E-state index in [2.05, 4.69) is 73.6 Å². The molecule has 0 amide bonds. The van der Waals surface area contributed by atoms with E-state index in [-0.39, 0.29) is 0 Å². The Morgan fingerprint density at radius 2 is 2.13 bits per heavy atom. The van der Waals surface area contributed by atoms with Gasteiger partial charge in [0.1, 0.15) is 12.4 Å². The van der Waals surface area contributed by atoms with Crippen molar-refractivity contribution in [2.24, 2.45) is 0 Å². The monoisotopic (exact) mass is 445 g/mol. The Hall–Kier alpha value is 0.300. The lowest BCUT2D eigenvalue weighted by molar-refractivity contribution is 0.769. The first-order valence-corrected chi connectivity index (χ1v) is 7.34. The maximum atomic E-state index is 4.52. The van der Waals surface area contributed by atoms with Gasteiger partial charge in [-0.2, -0.15) is 0 Å². The molecule has 0 fully saturated rings. The molecule has 3 nitrogen and oxygen atoms in total. The van der Waals surface area contributed by atoms with Gasteiger partial charge in [-0.3, -0.25) is 0 Å². The number of aryl methyl sites for hydroxylation is 2. The van der Waals surface area contributed by atoms with E-state index in [9.17, 15) is 0 Å². The van der Waals surface area contributed by atoms with Crippen molar-refractivity contribution < 1.29 is 0 Å². The lowest BCUT2D eigenvalue weighted by atomic mass is 10.4. The minimum absolute atomic E-state index is 0.827. The van der Waals surface area contributed by atoms with Crippen molar-refractivity contribution >= 4 is 56.5 Å². The topological polar surface area (TPSA) is 30.7 Å². The van der Waals surface area contributed by atoms with Gasteiger partial charge in [0, 0.05) is 4.88 Å². The fraction of sp³-hybridized carbons (Fsp3) is 0.333. The minimum Gasteiger partial charge on any atom is -0.318 e. The highest BCUT2D eigenvalue weighted by Crippen LogP contribution is 2.20. The highest BCUT2D eigenvalue weighted by molar-refractivity contribution is 14.1. The predicted molar refractivity (Wildman–Crippen MR) is 78.4 cm³/mol. The van der Waals surface area contributed by atoms with Gasteiger partial charge >= 0.3 is 0 Å². The van der Waals surface area contributed by atoms with Gasteiger partial charge in [-0.05, 0) is 59.0 Å². The van der Waals surface area contributed by atoms with Gasteiger partial charge in [0.25, 0.3) is 0 Å². The zero-order chi connectivity index (χ0) is 11.0. The molecule has 0 aromatic carbocycles. The van der Waals surface area contributed by atoms with Crippen LogP contribution in [0.1, 0.15) is 15.6 Å². The summed E-state index contributed by atoms with van der Waals surface area (Å²) < 4.78 is 4.36. The molecular formula is C9H9I2N3S. The van der Waals surface area contributed by atoms with Crippen LogP contribution in [0.5, 0.6) is 0 Å². The van der Waals surface area contributed by atoms with Crippen LogP contribution in [0.15, 0.2) is 6.33 Å². The first-order chi connectivity index (χ1) is 7.08. The lowest BCUT2D eigenvalue weighted by Crippen LogP contribution is -2.00. The van der Waals surface area contributed by atoms with Gasteiger partial charge < -0.3 is 4.57 Å². The molecule has 0 aliphatic carbocycles. The second-order valence-electron chi connectivity index (χ2n) is 3.20. The van der Waals surface area contributed by atoms with Crippen LogP contribution in [0.3, 0.4) is 0 Å². The molecular weight excluding hydrogens is 436 g/mol. The summed E-state index contributed by atoms with van der Waals surface area (Å²) in [7, 11) is 0. The van der Waals surface area contributed by atoms with Gasteiger partial charge in [-0.15, -0.1) is 11.3 Å². The SMILES string of the molecule is Cc1nc(Cn2cnc(I)c2I)sc1C. The quantitative estimate of drug-likeness (QED) is 0.666. The van der Waals surface area contributed by atoms with Gasteiger partial charge in [-0.25, -0.2) is 9.97 Å². The molecule has 0 radical (unpaired) electrons. The molecule has 0 aliphatic heterocycles. The van der Waals surface area contributed by atoms with Crippen LogP contribution in [0.2, 0.25) is 0 Å². The van der Waals surface area contributed by atoms with Crippen LogP contribution in [-0.2, 0) is 6.54 Å². The van der Waals surface area contributed by atoms with Crippen LogP contribution >= 0.6 is 56.5 Å². The maximum absolute atomic E-state index is 4.52. The normalized spacial score (nSPS) is 10.9. The van der Waals surface area contributed by atoms with E-state index in [0.29, 0.717) is 0 Å². The molecule has 0 bridgehead atoms. The van der Waals surface area contributed by atoms with Crippen molar-refractivity contribution in [3.05, 3.63) is 29.3 Å². The lowest BCUT2D eigenvalue weighted by Gasteiger charge is -1.99. The van der Waals surface area contributed by atoms with Crippen LogP contribution in [-0.4, -0.2) is 14.5 Å². The molecule has 0 aliphatic rings. The molecule has 0 spiro atoms. The number of rotatable bonds is 2. The number of hydrogen-bond acceptors (Lipinski definition) is 3. The van der Waals surface area contributed by atoms with Gasteiger partial charge in [0.15, 0.2) is 0 Å². The summed E-state index contributed by atoms with van der Waals surface area (Å²) in [5.41, 5.74) is 1.14. The second-order valence-corrected chi connectivity index (χ2v) is 6.53. The molecule has 0 saturated carbocycles. The number of hydrogen-bond donors (Lipinski definition) is 0. The van der Waals surface area contributed by atoms with E-state index in [1.165, 1.54) is 8.58 Å². The summed E-state index contributed by atoms with van der Waals surface area (Å²) in [6.45, 7) is 4.99. The van der Waals surface area contributed by atoms with Crippen molar-refractivity contribution in [1.82, 2.24) is 14.5 Å². The van der Waals surface area contributed by atoms with Crippen LogP contribution < -0.4 is 0 Å². The summed E-state index contributed by atoms with van der Waals surface area (Å²) >= 11 is 6.32. The third-order valence-electron chi connectivity index (χ3n) is 2.11. The summed E-state index contributed by atoms with van der Waals surface area (Å²) in [6.07, 6.45) is 1.87. The molecule has 80 valence electrons. The molecule has 2 aromatic rings. The first-order valence-electron chi connectivity index (χ1n) is 4.37. The zero-order valence-electron chi connectivity index (χ0n) is 8.29. The molecule has 15 heavy (non-hydrogen) atoms. The summed E-state index contributed by atoms with van der Waals surface area (Å²) in [4.78, 5) is 10.1. The number of halogens is 2. The molecule has 2 aromatic heterocycles.